The van der Waals surface area contributed by atoms with Crippen molar-refractivity contribution in [2.45, 2.75) is 108 Å². The molecule has 7 aromatic rings. The maximum absolute atomic E-state index is 13.6. The lowest BCUT2D eigenvalue weighted by Crippen LogP contribution is -2.39. The van der Waals surface area contributed by atoms with Crippen LogP contribution in [0.2, 0.25) is 0 Å². The van der Waals surface area contributed by atoms with E-state index in [2.05, 4.69) is 70.3 Å². The van der Waals surface area contributed by atoms with Crippen molar-refractivity contribution in [1.82, 2.24) is 48.3 Å². The molecule has 0 spiro atoms. The monoisotopic (exact) mass is 931 g/mol. The van der Waals surface area contributed by atoms with Crippen molar-refractivity contribution in [2.75, 3.05) is 52.6 Å². The van der Waals surface area contributed by atoms with Crippen molar-refractivity contribution < 1.29 is 17.9 Å². The van der Waals surface area contributed by atoms with Crippen LogP contribution in [0.5, 0.6) is 0 Å². The lowest BCUT2D eigenvalue weighted by Gasteiger charge is -2.36. The average Bonchev–Trinajstić information content (AvgIpc) is 4.18. The van der Waals surface area contributed by atoms with Gasteiger partial charge < -0.3 is 14.5 Å². The Morgan fingerprint density at radius 3 is 1.69 bits per heavy atom. The van der Waals surface area contributed by atoms with Crippen molar-refractivity contribution in [2.24, 2.45) is 14.1 Å². The highest BCUT2D eigenvalue weighted by Gasteiger charge is 2.29. The van der Waals surface area contributed by atoms with Gasteiger partial charge in [0.15, 0.2) is 5.65 Å². The Balaban J connectivity index is 0.000000188. The van der Waals surface area contributed by atoms with Crippen LogP contribution in [0.1, 0.15) is 102 Å². The summed E-state index contributed by atoms with van der Waals surface area (Å²) < 4.78 is 43.2. The number of nitrogens with one attached hydrogen (secondary N) is 1. The number of rotatable bonds is 18. The molecule has 14 nitrogen and oxygen atoms in total. The predicted octanol–water partition coefficient (Wildman–Crippen LogP) is 9.41. The first-order valence-corrected chi connectivity index (χ1v) is 26.0. The molecular formula is C52H70N10O4S. The molecule has 15 heteroatoms. The number of aromatic nitrogens is 8. The van der Waals surface area contributed by atoms with Crippen molar-refractivity contribution in [3.8, 4) is 22.3 Å². The molecule has 2 aliphatic carbocycles. The van der Waals surface area contributed by atoms with Crippen molar-refractivity contribution in [3.05, 3.63) is 103 Å². The molecule has 9 rings (SSSR count). The first-order valence-electron chi connectivity index (χ1n) is 24.5. The van der Waals surface area contributed by atoms with Gasteiger partial charge in [-0.05, 0) is 126 Å². The zero-order valence-electron chi connectivity index (χ0n) is 40.3. The molecule has 0 saturated heterocycles. The summed E-state index contributed by atoms with van der Waals surface area (Å²) in [4.78, 5) is 18.2. The number of likely N-dealkylation sites (N-methyl/N-ethyl adjacent to an activating group) is 2. The molecule has 67 heavy (non-hydrogen) atoms. The molecule has 0 unspecified atom stereocenters. The second-order valence-electron chi connectivity index (χ2n) is 18.1. The standard InChI is InChI=1S/C29H37N5O3S.C23H33N5O/c1-4-33(15-16-37-5-2)25-13-11-22(12-14-25)23-17-27-28(24-19-31-32(3)20-24)21-34(29(27)30-18-23)38(35,36)26-9-7-6-8-10-26;1-4-28(10-11-29-5-2)20-8-6-17(7-9-20)18-12-21-22(15-25-23(21)24-13-18)19-14-26-27(3)16-19/h6-10,17-22,25H,4-5,11-16H2,1-3H3;12-17,20H,4-11H2,1-3H3,(H,24,25). The van der Waals surface area contributed by atoms with Gasteiger partial charge in [-0.3, -0.25) is 19.2 Å². The Morgan fingerprint density at radius 2 is 1.18 bits per heavy atom. The third kappa shape index (κ3) is 11.1. The first-order chi connectivity index (χ1) is 32.6. The number of pyridine rings is 2. The summed E-state index contributed by atoms with van der Waals surface area (Å²) in [5, 5.41) is 10.7. The van der Waals surface area contributed by atoms with E-state index < -0.39 is 10.0 Å². The highest BCUT2D eigenvalue weighted by atomic mass is 32.2. The zero-order chi connectivity index (χ0) is 46.9. The largest absolute Gasteiger partial charge is 0.380 e. The number of nitrogens with zero attached hydrogens (tertiary/aromatic N) is 9. The van der Waals surface area contributed by atoms with E-state index in [9.17, 15) is 8.42 Å². The zero-order valence-corrected chi connectivity index (χ0v) is 41.2. The van der Waals surface area contributed by atoms with Gasteiger partial charge in [0.05, 0.1) is 30.5 Å². The topological polar surface area (TPSA) is 141 Å². The van der Waals surface area contributed by atoms with Crippen LogP contribution in [0.25, 0.3) is 44.3 Å². The van der Waals surface area contributed by atoms with Crippen LogP contribution in [-0.2, 0) is 33.6 Å². The number of ether oxygens (including phenoxy) is 2. The van der Waals surface area contributed by atoms with E-state index in [-0.39, 0.29) is 4.90 Å². The summed E-state index contributed by atoms with van der Waals surface area (Å²) in [5.74, 6) is 1.01. The summed E-state index contributed by atoms with van der Waals surface area (Å²) in [6.45, 7) is 16.0. The molecule has 6 aromatic heterocycles. The summed E-state index contributed by atoms with van der Waals surface area (Å²) >= 11 is 0. The van der Waals surface area contributed by atoms with Crippen LogP contribution in [0.3, 0.4) is 0 Å². The fourth-order valence-electron chi connectivity index (χ4n) is 10.4. The van der Waals surface area contributed by atoms with Gasteiger partial charge in [0.25, 0.3) is 10.0 Å². The van der Waals surface area contributed by atoms with Crippen LogP contribution >= 0.6 is 0 Å². The molecule has 0 bridgehead atoms. The highest BCUT2D eigenvalue weighted by Crippen LogP contribution is 2.40. The van der Waals surface area contributed by atoms with Crippen molar-refractivity contribution in [3.63, 3.8) is 0 Å². The third-order valence-electron chi connectivity index (χ3n) is 14.2. The number of aromatic amines is 1. The molecule has 0 atom stereocenters. The predicted molar refractivity (Wildman–Crippen MR) is 267 cm³/mol. The van der Waals surface area contributed by atoms with E-state index in [4.69, 9.17) is 19.4 Å². The average molecular weight is 931 g/mol. The summed E-state index contributed by atoms with van der Waals surface area (Å²) in [6, 6.07) is 14.3. The normalized spacial score (nSPS) is 19.1. The van der Waals surface area contributed by atoms with Gasteiger partial charge in [-0.1, -0.05) is 32.0 Å². The molecule has 1 N–H and O–H groups in total. The minimum absolute atomic E-state index is 0.239. The quantitative estimate of drug-likeness (QED) is 0.0828. The summed E-state index contributed by atoms with van der Waals surface area (Å²) in [6.07, 6.45) is 24.8. The minimum atomic E-state index is -3.80. The van der Waals surface area contributed by atoms with Gasteiger partial charge in [-0.25, -0.2) is 22.4 Å². The van der Waals surface area contributed by atoms with Crippen LogP contribution in [-0.4, -0.2) is 121 Å². The number of hydrogen-bond donors (Lipinski definition) is 1. The van der Waals surface area contributed by atoms with Crippen LogP contribution in [0.4, 0.5) is 0 Å². The highest BCUT2D eigenvalue weighted by molar-refractivity contribution is 7.90. The Morgan fingerprint density at radius 1 is 0.657 bits per heavy atom. The van der Waals surface area contributed by atoms with Gasteiger partial charge >= 0.3 is 0 Å². The number of fused-ring (bicyclic) bond motifs is 2. The summed E-state index contributed by atoms with van der Waals surface area (Å²) in [5.41, 5.74) is 7.95. The molecule has 358 valence electrons. The molecular weight excluding hydrogens is 861 g/mol. The SMILES string of the molecule is CCOCCN(CC)C1CCC(c2cnc3[nH]cc(-c4cnn(C)c4)c3c2)CC1.CCOCCN(CC)C1CCC(c2cnc3c(c2)c(-c2cnn(C)c2)cn3S(=O)(=O)c2ccccc2)CC1. The number of hydrogen-bond acceptors (Lipinski definition) is 10. The smallest absolute Gasteiger partial charge is 0.269 e. The van der Waals surface area contributed by atoms with E-state index in [1.54, 1.807) is 41.3 Å². The maximum Gasteiger partial charge on any atom is 0.269 e. The van der Waals surface area contributed by atoms with Crippen molar-refractivity contribution >= 4 is 32.1 Å². The fourth-order valence-corrected chi connectivity index (χ4v) is 11.8. The van der Waals surface area contributed by atoms with E-state index in [1.807, 2.05) is 56.6 Å². The lowest BCUT2D eigenvalue weighted by atomic mass is 9.81. The second kappa shape index (κ2) is 22.3. The number of benzene rings is 1. The van der Waals surface area contributed by atoms with Gasteiger partial charge in [0.1, 0.15) is 5.65 Å². The van der Waals surface area contributed by atoms with E-state index in [0.29, 0.717) is 29.6 Å². The van der Waals surface area contributed by atoms with Crippen molar-refractivity contribution in [1.29, 1.82) is 0 Å². The lowest BCUT2D eigenvalue weighted by molar-refractivity contribution is 0.0834. The molecule has 1 aromatic carbocycles. The minimum Gasteiger partial charge on any atom is -0.380 e. The van der Waals surface area contributed by atoms with Gasteiger partial charge in [0, 0.05) is 123 Å². The first kappa shape index (κ1) is 48.3. The molecule has 2 fully saturated rings. The Hall–Kier alpha value is -5.19. The number of H-pyrrole nitrogens is 1. The fraction of sp³-hybridized carbons (Fsp3) is 0.500. The van der Waals surface area contributed by atoms with Gasteiger partial charge in [-0.2, -0.15) is 10.2 Å². The molecule has 0 amide bonds. The van der Waals surface area contributed by atoms with Crippen LogP contribution in [0, 0.1) is 0 Å². The van der Waals surface area contributed by atoms with E-state index >= 15 is 0 Å². The Kier molecular flexibility index (Phi) is 16.1. The van der Waals surface area contributed by atoms with Gasteiger partial charge in [0.2, 0.25) is 0 Å². The molecule has 2 saturated carbocycles. The molecule has 6 heterocycles. The summed E-state index contributed by atoms with van der Waals surface area (Å²) in [7, 11) is 0.0115. The van der Waals surface area contributed by atoms with E-state index in [1.165, 1.54) is 51.7 Å². The Bertz CT molecular complexity index is 2760. The molecule has 2 aliphatic rings. The van der Waals surface area contributed by atoms with E-state index in [0.717, 1.165) is 106 Å². The third-order valence-corrected chi connectivity index (χ3v) is 15.8. The van der Waals surface area contributed by atoms with Crippen LogP contribution < -0.4 is 0 Å². The second-order valence-corrected chi connectivity index (χ2v) is 19.9. The van der Waals surface area contributed by atoms with Gasteiger partial charge in [-0.15, -0.1) is 0 Å². The molecule has 0 radical (unpaired) electrons. The Labute approximate surface area is 396 Å². The molecule has 0 aliphatic heterocycles. The number of aryl methyl sites for hydroxylation is 2. The maximum atomic E-state index is 13.6. The van der Waals surface area contributed by atoms with Crippen LogP contribution in [0.15, 0.2) is 96.9 Å².